The Morgan fingerprint density at radius 1 is 1.50 bits per heavy atom. The Balaban J connectivity index is 2.19. The van der Waals surface area contributed by atoms with Gasteiger partial charge in [0.05, 0.1) is 23.3 Å². The summed E-state index contributed by atoms with van der Waals surface area (Å²) in [6, 6.07) is 4.21. The minimum atomic E-state index is 0.199. The molecule has 2 atom stereocenters. The lowest BCUT2D eigenvalue weighted by Crippen LogP contribution is -2.36. The van der Waals surface area contributed by atoms with Gasteiger partial charge in [-0.3, -0.25) is 4.98 Å². The lowest BCUT2D eigenvalue weighted by Gasteiger charge is -2.19. The van der Waals surface area contributed by atoms with Crippen LogP contribution in [-0.2, 0) is 11.3 Å². The topological polar surface area (TPSA) is 34.1 Å². The number of fused-ring (bicyclic) bond motifs is 1. The molecule has 0 spiro atoms. The molecule has 3 nitrogen and oxygen atoms in total. The molecule has 2 rings (SSSR count). The predicted molar refractivity (Wildman–Crippen MR) is 74.4 cm³/mol. The maximum Gasteiger partial charge on any atom is 0.0804 e. The van der Waals surface area contributed by atoms with Crippen molar-refractivity contribution in [1.82, 2.24) is 10.3 Å². The summed E-state index contributed by atoms with van der Waals surface area (Å²) >= 11 is 0. The first kappa shape index (κ1) is 13.2. The number of rotatable bonds is 5. The summed E-state index contributed by atoms with van der Waals surface area (Å²) in [7, 11) is 1.94. The first-order chi connectivity index (χ1) is 8.72. The number of nitrogens with one attached hydrogen (secondary N) is 1. The van der Waals surface area contributed by atoms with E-state index in [2.05, 4.69) is 48.4 Å². The van der Waals surface area contributed by atoms with E-state index in [-0.39, 0.29) is 6.10 Å². The quantitative estimate of drug-likeness (QED) is 0.840. The van der Waals surface area contributed by atoms with Gasteiger partial charge in [-0.25, -0.2) is 0 Å². The van der Waals surface area contributed by atoms with Crippen molar-refractivity contribution in [2.45, 2.75) is 45.4 Å². The molecule has 1 aromatic heterocycles. The fourth-order valence-electron chi connectivity index (χ4n) is 2.10. The summed E-state index contributed by atoms with van der Waals surface area (Å²) in [6.07, 6.45) is 6.87. The second kappa shape index (κ2) is 6.12. The van der Waals surface area contributed by atoms with E-state index < -0.39 is 0 Å². The van der Waals surface area contributed by atoms with E-state index >= 15 is 0 Å². The van der Waals surface area contributed by atoms with Gasteiger partial charge >= 0.3 is 0 Å². The molecule has 0 bridgehead atoms. The van der Waals surface area contributed by atoms with Gasteiger partial charge in [-0.05, 0) is 44.2 Å². The number of hydrogen-bond donors (Lipinski definition) is 1. The highest BCUT2D eigenvalue weighted by atomic mass is 16.5. The van der Waals surface area contributed by atoms with Crippen molar-refractivity contribution >= 4 is 12.2 Å². The summed E-state index contributed by atoms with van der Waals surface area (Å²) in [5, 5.41) is 5.40. The van der Waals surface area contributed by atoms with Crippen molar-refractivity contribution in [3.63, 3.8) is 0 Å². The molecule has 0 aliphatic heterocycles. The zero-order valence-corrected chi connectivity index (χ0v) is 11.4. The second-order valence-corrected chi connectivity index (χ2v) is 4.81. The van der Waals surface area contributed by atoms with Gasteiger partial charge in [0.15, 0.2) is 0 Å². The van der Waals surface area contributed by atoms with Crippen LogP contribution in [0.2, 0.25) is 0 Å². The van der Waals surface area contributed by atoms with Gasteiger partial charge in [-0.1, -0.05) is 19.1 Å². The third-order valence-corrected chi connectivity index (χ3v) is 3.26. The molecule has 1 aliphatic rings. The van der Waals surface area contributed by atoms with Gasteiger partial charge in [-0.15, -0.1) is 0 Å². The highest BCUT2D eigenvalue weighted by Gasteiger charge is 2.11. The fraction of sp³-hybridized carbons (Fsp3) is 0.533. The highest BCUT2D eigenvalue weighted by Crippen LogP contribution is 2.09. The van der Waals surface area contributed by atoms with Crippen molar-refractivity contribution in [1.29, 1.82) is 0 Å². The molecule has 0 radical (unpaired) electrons. The minimum Gasteiger partial charge on any atom is -0.371 e. The first-order valence-electron chi connectivity index (χ1n) is 6.71. The Bertz CT molecular complexity index is 510. The molecule has 98 valence electrons. The van der Waals surface area contributed by atoms with Crippen LogP contribution in [0.3, 0.4) is 0 Å². The van der Waals surface area contributed by atoms with Crippen LogP contribution in [0, 0.1) is 0 Å². The van der Waals surface area contributed by atoms with E-state index in [1.165, 1.54) is 5.22 Å². The number of aromatic nitrogens is 1. The number of hydrogen-bond acceptors (Lipinski definition) is 3. The van der Waals surface area contributed by atoms with Gasteiger partial charge in [0.2, 0.25) is 0 Å². The van der Waals surface area contributed by atoms with Crippen molar-refractivity contribution in [2.75, 3.05) is 7.05 Å². The van der Waals surface area contributed by atoms with Crippen molar-refractivity contribution in [2.24, 2.45) is 0 Å². The summed E-state index contributed by atoms with van der Waals surface area (Å²) in [5.74, 6) is 0. The summed E-state index contributed by atoms with van der Waals surface area (Å²) in [5.41, 5.74) is 1.09. The Morgan fingerprint density at radius 2 is 2.33 bits per heavy atom. The molecule has 1 N–H and O–H groups in total. The summed E-state index contributed by atoms with van der Waals surface area (Å²) < 4.78 is 5.95. The Morgan fingerprint density at radius 3 is 3.06 bits per heavy atom. The molecule has 0 fully saturated rings. The average Bonchev–Trinajstić information content (AvgIpc) is 2.39. The molecule has 0 amide bonds. The lowest BCUT2D eigenvalue weighted by atomic mass is 10.1. The van der Waals surface area contributed by atoms with Crippen LogP contribution in [0.5, 0.6) is 0 Å². The molecule has 0 saturated carbocycles. The van der Waals surface area contributed by atoms with Crippen molar-refractivity contribution in [3.05, 3.63) is 28.4 Å². The van der Waals surface area contributed by atoms with E-state index in [1.807, 2.05) is 7.05 Å². The van der Waals surface area contributed by atoms with Crippen LogP contribution in [-0.4, -0.2) is 24.2 Å². The highest BCUT2D eigenvalue weighted by molar-refractivity contribution is 5.40. The maximum absolute atomic E-state index is 5.95. The van der Waals surface area contributed by atoms with E-state index in [0.29, 0.717) is 6.10 Å². The Labute approximate surface area is 109 Å². The number of pyridine rings is 1. The lowest BCUT2D eigenvalue weighted by molar-refractivity contribution is 0.0336. The average molecular weight is 246 g/mol. The smallest absolute Gasteiger partial charge is 0.0804 e. The zero-order valence-electron chi connectivity index (χ0n) is 11.4. The maximum atomic E-state index is 5.95. The van der Waals surface area contributed by atoms with E-state index in [4.69, 9.17) is 4.74 Å². The van der Waals surface area contributed by atoms with Crippen molar-refractivity contribution < 1.29 is 4.74 Å². The molecule has 1 aliphatic carbocycles. The Hall–Kier alpha value is -1.19. The molecule has 0 aromatic carbocycles. The second-order valence-electron chi connectivity index (χ2n) is 4.81. The van der Waals surface area contributed by atoms with Crippen LogP contribution in [0.1, 0.15) is 32.4 Å². The monoisotopic (exact) mass is 246 g/mol. The standard InChI is InChI=1S/C15H22N2O/c1-4-11(2)18-14-7-8-15-12(9-14)5-6-13(17-15)10-16-3/h5-6,8-9,11,14,16H,4,7,10H2,1-3H3. The summed E-state index contributed by atoms with van der Waals surface area (Å²) in [6.45, 7) is 5.09. The molecule has 2 unspecified atom stereocenters. The van der Waals surface area contributed by atoms with Crippen LogP contribution >= 0.6 is 0 Å². The molecule has 18 heavy (non-hydrogen) atoms. The molecule has 0 saturated heterocycles. The fourth-order valence-corrected chi connectivity index (χ4v) is 2.10. The van der Waals surface area contributed by atoms with Gasteiger partial charge in [0.25, 0.3) is 0 Å². The molecular weight excluding hydrogens is 224 g/mol. The third-order valence-electron chi connectivity index (χ3n) is 3.26. The SMILES string of the molecule is CCC(C)OC1C=c2ccc(CNC)nc2=CC1. The molecule has 3 heteroatoms. The van der Waals surface area contributed by atoms with Gasteiger partial charge in [-0.2, -0.15) is 0 Å². The zero-order chi connectivity index (χ0) is 13.0. The molecule has 1 heterocycles. The van der Waals surface area contributed by atoms with Crippen LogP contribution in [0.4, 0.5) is 0 Å². The van der Waals surface area contributed by atoms with Gasteiger partial charge in [0.1, 0.15) is 0 Å². The van der Waals surface area contributed by atoms with E-state index in [9.17, 15) is 0 Å². The summed E-state index contributed by atoms with van der Waals surface area (Å²) in [4.78, 5) is 4.63. The largest absolute Gasteiger partial charge is 0.371 e. The number of ether oxygens (including phenoxy) is 1. The van der Waals surface area contributed by atoms with Crippen molar-refractivity contribution in [3.8, 4) is 0 Å². The van der Waals surface area contributed by atoms with E-state index in [1.54, 1.807) is 0 Å². The van der Waals surface area contributed by atoms with E-state index in [0.717, 1.165) is 30.4 Å². The van der Waals surface area contributed by atoms with Gasteiger partial charge < -0.3 is 10.1 Å². The van der Waals surface area contributed by atoms with Gasteiger partial charge in [0, 0.05) is 6.54 Å². The normalized spacial score (nSPS) is 19.6. The number of nitrogens with zero attached hydrogens (tertiary/aromatic N) is 1. The van der Waals surface area contributed by atoms with Crippen LogP contribution < -0.4 is 15.9 Å². The van der Waals surface area contributed by atoms with Crippen LogP contribution in [0.15, 0.2) is 12.1 Å². The molecule has 1 aromatic rings. The molecular formula is C15H22N2O. The third kappa shape index (κ3) is 3.18. The Kier molecular flexibility index (Phi) is 4.50. The van der Waals surface area contributed by atoms with Crippen LogP contribution in [0.25, 0.3) is 12.2 Å². The minimum absolute atomic E-state index is 0.199. The first-order valence-corrected chi connectivity index (χ1v) is 6.71. The predicted octanol–water partition coefficient (Wildman–Crippen LogP) is 0.949.